The summed E-state index contributed by atoms with van der Waals surface area (Å²) in [6, 6.07) is 34.6. The van der Waals surface area contributed by atoms with Gasteiger partial charge in [0.2, 0.25) is 5.91 Å². The minimum absolute atomic E-state index is 0.0546. The van der Waals surface area contributed by atoms with Gasteiger partial charge >= 0.3 is 6.09 Å². The first-order chi connectivity index (χ1) is 20.3. The van der Waals surface area contributed by atoms with E-state index in [1.165, 1.54) is 0 Å². The van der Waals surface area contributed by atoms with Crippen LogP contribution in [-0.4, -0.2) is 43.5 Å². The molecule has 0 saturated carbocycles. The lowest BCUT2D eigenvalue weighted by atomic mass is 10.0. The summed E-state index contributed by atoms with van der Waals surface area (Å²) in [4.78, 5) is 26.7. The van der Waals surface area contributed by atoms with Crippen molar-refractivity contribution in [2.24, 2.45) is 0 Å². The number of amides is 2. The van der Waals surface area contributed by atoms with E-state index >= 15 is 0 Å². The molecule has 0 heterocycles. The fourth-order valence-electron chi connectivity index (χ4n) is 4.47. The molecule has 4 aromatic rings. The van der Waals surface area contributed by atoms with Gasteiger partial charge in [0.1, 0.15) is 12.6 Å². The summed E-state index contributed by atoms with van der Waals surface area (Å²) in [5.74, 6) is -0.749. The Morgan fingerprint density at radius 2 is 1.14 bits per heavy atom. The monoisotopic (exact) mass is 602 g/mol. The van der Waals surface area contributed by atoms with Crippen molar-refractivity contribution in [3.63, 3.8) is 0 Å². The van der Waals surface area contributed by atoms with E-state index in [1.54, 1.807) is 30.3 Å². The van der Waals surface area contributed by atoms with Crippen molar-refractivity contribution in [3.8, 4) is 0 Å². The summed E-state index contributed by atoms with van der Waals surface area (Å²) in [5, 5.41) is 4.96. The predicted octanol–water partition coefficient (Wildman–Crippen LogP) is 5.02. The lowest BCUT2D eigenvalue weighted by molar-refractivity contribution is -0.123. The van der Waals surface area contributed by atoms with Crippen LogP contribution >= 0.6 is 12.6 Å². The van der Waals surface area contributed by atoms with E-state index < -0.39 is 39.2 Å². The average molecular weight is 603 g/mol. The first kappa shape index (κ1) is 30.9. The fourth-order valence-corrected chi connectivity index (χ4v) is 6.68. The molecule has 0 radical (unpaired) electrons. The summed E-state index contributed by atoms with van der Waals surface area (Å²) in [7, 11) is -3.67. The zero-order valence-electron chi connectivity index (χ0n) is 23.0. The molecule has 0 aliphatic carbocycles. The molecule has 0 fully saturated rings. The number of nitrogens with one attached hydrogen (secondary N) is 2. The molecule has 218 valence electrons. The van der Waals surface area contributed by atoms with Crippen LogP contribution in [0.3, 0.4) is 0 Å². The van der Waals surface area contributed by atoms with Crippen LogP contribution in [0.4, 0.5) is 4.79 Å². The van der Waals surface area contributed by atoms with Crippen molar-refractivity contribution in [2.75, 3.05) is 5.75 Å². The summed E-state index contributed by atoms with van der Waals surface area (Å²) in [6.07, 6.45) is -0.171. The molecule has 0 aliphatic heterocycles. The molecule has 0 spiro atoms. The Morgan fingerprint density at radius 1 is 0.667 bits per heavy atom. The summed E-state index contributed by atoms with van der Waals surface area (Å²) in [5.41, 5.74) is 2.57. The lowest BCUT2D eigenvalue weighted by Crippen LogP contribution is -2.54. The molecule has 2 amide bonds. The number of ether oxygens (including phenoxy) is 1. The molecule has 4 aromatic carbocycles. The van der Waals surface area contributed by atoms with Gasteiger partial charge in [-0.15, -0.1) is 0 Å². The largest absolute Gasteiger partial charge is 0.445 e. The van der Waals surface area contributed by atoms with Gasteiger partial charge in [-0.25, -0.2) is 13.2 Å². The van der Waals surface area contributed by atoms with Crippen molar-refractivity contribution >= 4 is 34.5 Å². The molecular weight excluding hydrogens is 569 g/mol. The highest BCUT2D eigenvalue weighted by Crippen LogP contribution is 2.18. The van der Waals surface area contributed by atoms with Crippen LogP contribution < -0.4 is 10.6 Å². The fraction of sp³-hybridized carbons (Fsp3) is 0.212. The van der Waals surface area contributed by atoms with E-state index in [0.29, 0.717) is 6.42 Å². The van der Waals surface area contributed by atoms with Crippen LogP contribution in [0.1, 0.15) is 16.7 Å². The highest BCUT2D eigenvalue weighted by molar-refractivity contribution is 7.92. The molecule has 4 rings (SSSR count). The summed E-state index contributed by atoms with van der Waals surface area (Å²) < 4.78 is 31.7. The Morgan fingerprint density at radius 3 is 1.69 bits per heavy atom. The highest BCUT2D eigenvalue weighted by atomic mass is 32.2. The third-order valence-electron chi connectivity index (χ3n) is 6.69. The Balaban J connectivity index is 1.52. The van der Waals surface area contributed by atoms with E-state index in [-0.39, 0.29) is 23.7 Å². The smallest absolute Gasteiger partial charge is 0.408 e. The number of rotatable bonds is 13. The van der Waals surface area contributed by atoms with Crippen LogP contribution in [0.5, 0.6) is 0 Å². The van der Waals surface area contributed by atoms with Crippen molar-refractivity contribution in [1.82, 2.24) is 10.6 Å². The zero-order valence-corrected chi connectivity index (χ0v) is 24.7. The third-order valence-corrected chi connectivity index (χ3v) is 9.26. The molecule has 0 saturated heterocycles. The Labute approximate surface area is 252 Å². The third kappa shape index (κ3) is 9.49. The van der Waals surface area contributed by atoms with Crippen LogP contribution in [0.2, 0.25) is 0 Å². The van der Waals surface area contributed by atoms with Gasteiger partial charge in [-0.3, -0.25) is 4.79 Å². The predicted molar refractivity (Wildman–Crippen MR) is 167 cm³/mol. The van der Waals surface area contributed by atoms with Crippen molar-refractivity contribution in [1.29, 1.82) is 0 Å². The first-order valence-corrected chi connectivity index (χ1v) is 15.8. The first-order valence-electron chi connectivity index (χ1n) is 13.6. The number of thiol groups is 1. The Kier molecular flexibility index (Phi) is 11.2. The number of alkyl carbamates (subject to hydrolysis) is 1. The van der Waals surface area contributed by atoms with Gasteiger partial charge in [0.05, 0.1) is 10.6 Å². The van der Waals surface area contributed by atoms with Crippen LogP contribution in [0.15, 0.2) is 126 Å². The van der Waals surface area contributed by atoms with E-state index in [1.807, 2.05) is 91.0 Å². The van der Waals surface area contributed by atoms with Crippen LogP contribution in [0, 0.1) is 0 Å². The van der Waals surface area contributed by atoms with E-state index in [9.17, 15) is 18.0 Å². The van der Waals surface area contributed by atoms with Gasteiger partial charge in [0.25, 0.3) is 0 Å². The van der Waals surface area contributed by atoms with Gasteiger partial charge in [0.15, 0.2) is 9.84 Å². The molecule has 42 heavy (non-hydrogen) atoms. The molecule has 2 N–H and O–H groups in total. The van der Waals surface area contributed by atoms with Gasteiger partial charge in [-0.05, 0) is 35.2 Å². The number of carbonyl (C=O) groups is 2. The molecule has 7 nitrogen and oxygen atoms in total. The second-order valence-electron chi connectivity index (χ2n) is 9.91. The second kappa shape index (κ2) is 15.2. The minimum atomic E-state index is -3.67. The number of carbonyl (C=O) groups excluding carboxylic acids is 2. The van der Waals surface area contributed by atoms with Crippen LogP contribution in [0.25, 0.3) is 0 Å². The van der Waals surface area contributed by atoms with Crippen LogP contribution in [-0.2, 0) is 38.8 Å². The highest BCUT2D eigenvalue weighted by Gasteiger charge is 2.30. The van der Waals surface area contributed by atoms with Gasteiger partial charge in [-0.2, -0.15) is 12.6 Å². The zero-order chi connectivity index (χ0) is 29.8. The van der Waals surface area contributed by atoms with Crippen molar-refractivity contribution in [3.05, 3.63) is 138 Å². The molecule has 0 aromatic heterocycles. The molecular formula is C33H34N2O5S2. The quantitative estimate of drug-likeness (QED) is 0.187. The van der Waals surface area contributed by atoms with Crippen molar-refractivity contribution < 1.29 is 22.7 Å². The van der Waals surface area contributed by atoms with E-state index in [4.69, 9.17) is 4.74 Å². The SMILES string of the molecule is O=C(N[C@@H](Cc1ccccc1)C(=O)N[C@@H](Cc1ccccc1)[C@H](S)CS(=O)(=O)c1ccccc1)OCc1ccccc1. The van der Waals surface area contributed by atoms with Gasteiger partial charge in [0, 0.05) is 17.7 Å². The maximum absolute atomic E-state index is 13.7. The van der Waals surface area contributed by atoms with Crippen molar-refractivity contribution in [2.45, 2.75) is 41.7 Å². The van der Waals surface area contributed by atoms with Gasteiger partial charge < -0.3 is 15.4 Å². The molecule has 9 heteroatoms. The molecule has 0 bridgehead atoms. The second-order valence-corrected chi connectivity index (χ2v) is 12.6. The summed E-state index contributed by atoms with van der Waals surface area (Å²) in [6.45, 7) is 0.0546. The maximum Gasteiger partial charge on any atom is 0.408 e. The lowest BCUT2D eigenvalue weighted by Gasteiger charge is -2.27. The topological polar surface area (TPSA) is 102 Å². The molecule has 3 atom stereocenters. The molecule has 0 unspecified atom stereocenters. The molecule has 0 aliphatic rings. The van der Waals surface area contributed by atoms with E-state index in [2.05, 4.69) is 23.3 Å². The summed E-state index contributed by atoms with van der Waals surface area (Å²) >= 11 is 4.68. The number of sulfone groups is 1. The standard InChI is InChI=1S/C33H34N2O5S2/c36-32(30(22-26-15-7-2-8-16-26)35-33(37)40-23-27-17-9-3-10-18-27)34-29(21-25-13-5-1-6-14-25)31(41)24-42(38,39)28-19-11-4-12-20-28/h1-20,29-31,41H,21-24H2,(H,34,36)(H,35,37)/t29-,30-,31+/m0/s1. The number of hydrogen-bond donors (Lipinski definition) is 3. The number of hydrogen-bond acceptors (Lipinski definition) is 6. The maximum atomic E-state index is 13.7. The minimum Gasteiger partial charge on any atom is -0.445 e. The Bertz CT molecular complexity index is 1520. The van der Waals surface area contributed by atoms with E-state index in [0.717, 1.165) is 16.7 Å². The normalized spacial score (nSPS) is 13.4. The van der Waals surface area contributed by atoms with Gasteiger partial charge in [-0.1, -0.05) is 109 Å². The average Bonchev–Trinajstić information content (AvgIpc) is 3.01. The Hall–Kier alpha value is -4.08. The number of benzene rings is 4.